The van der Waals surface area contributed by atoms with E-state index in [9.17, 15) is 9.18 Å². The predicted molar refractivity (Wildman–Crippen MR) is 117 cm³/mol. The molecule has 1 aromatic heterocycles. The van der Waals surface area contributed by atoms with Crippen molar-refractivity contribution in [3.8, 4) is 11.1 Å². The maximum atomic E-state index is 13.4. The zero-order valence-electron chi connectivity index (χ0n) is 16.7. The number of hydrogen-bond donors (Lipinski definition) is 2. The van der Waals surface area contributed by atoms with Gasteiger partial charge in [0.15, 0.2) is 0 Å². The second-order valence-electron chi connectivity index (χ2n) is 7.24. The Hall–Kier alpha value is -3.73. The lowest BCUT2D eigenvalue weighted by Gasteiger charge is -2.18. The molecule has 3 aromatic rings. The van der Waals surface area contributed by atoms with Gasteiger partial charge in [0.2, 0.25) is 5.91 Å². The number of dihydropyridines is 1. The molecule has 30 heavy (non-hydrogen) atoms. The monoisotopic (exact) mass is 399 g/mol. The summed E-state index contributed by atoms with van der Waals surface area (Å²) in [6.07, 6.45) is 5.79. The van der Waals surface area contributed by atoms with E-state index >= 15 is 0 Å². The highest BCUT2D eigenvalue weighted by atomic mass is 19.1. The van der Waals surface area contributed by atoms with E-state index in [-0.39, 0.29) is 11.7 Å². The first-order valence-electron chi connectivity index (χ1n) is 9.79. The summed E-state index contributed by atoms with van der Waals surface area (Å²) in [4.78, 5) is 16.6. The Morgan fingerprint density at radius 2 is 1.87 bits per heavy atom. The molecule has 1 aliphatic rings. The van der Waals surface area contributed by atoms with Crippen molar-refractivity contribution >= 4 is 11.6 Å². The molecule has 0 aliphatic carbocycles. The fourth-order valence-electron chi connectivity index (χ4n) is 3.38. The second kappa shape index (κ2) is 8.74. The van der Waals surface area contributed by atoms with Gasteiger partial charge in [0.25, 0.3) is 0 Å². The Kier molecular flexibility index (Phi) is 5.70. The Morgan fingerprint density at radius 3 is 2.57 bits per heavy atom. The first kappa shape index (κ1) is 19.6. The summed E-state index contributed by atoms with van der Waals surface area (Å²) in [6, 6.07) is 18.4. The fraction of sp³-hybridized carbons (Fsp3) is 0.120. The van der Waals surface area contributed by atoms with Gasteiger partial charge in [-0.15, -0.1) is 0 Å². The minimum Gasteiger partial charge on any atom is -0.379 e. The van der Waals surface area contributed by atoms with E-state index in [4.69, 9.17) is 0 Å². The molecule has 0 radical (unpaired) electrons. The molecule has 0 spiro atoms. The maximum Gasteiger partial charge on any atom is 0.228 e. The predicted octanol–water partition coefficient (Wildman–Crippen LogP) is 4.38. The molecule has 2 heterocycles. The Labute approximate surface area is 175 Å². The zero-order chi connectivity index (χ0) is 20.9. The number of nitrogens with zero attached hydrogens (tertiary/aromatic N) is 1. The van der Waals surface area contributed by atoms with Crippen LogP contribution in [0.5, 0.6) is 0 Å². The van der Waals surface area contributed by atoms with Crippen LogP contribution in [0.2, 0.25) is 0 Å². The van der Waals surface area contributed by atoms with Gasteiger partial charge in [-0.25, -0.2) is 4.39 Å². The fourth-order valence-corrected chi connectivity index (χ4v) is 3.38. The smallest absolute Gasteiger partial charge is 0.228 e. The first-order valence-corrected chi connectivity index (χ1v) is 9.79. The highest BCUT2D eigenvalue weighted by Gasteiger charge is 2.11. The van der Waals surface area contributed by atoms with Gasteiger partial charge in [-0.05, 0) is 60.0 Å². The number of aromatic nitrogens is 1. The normalized spacial score (nSPS) is 13.1. The third kappa shape index (κ3) is 4.81. The zero-order valence-corrected chi connectivity index (χ0v) is 16.7. The van der Waals surface area contributed by atoms with Crippen LogP contribution < -0.4 is 10.6 Å². The maximum absolute atomic E-state index is 13.4. The number of carbonyl (C=O) groups is 1. The van der Waals surface area contributed by atoms with E-state index in [0.29, 0.717) is 13.0 Å². The lowest BCUT2D eigenvalue weighted by Crippen LogP contribution is -2.32. The van der Waals surface area contributed by atoms with Crippen molar-refractivity contribution in [1.29, 1.82) is 0 Å². The summed E-state index contributed by atoms with van der Waals surface area (Å²) < 4.78 is 13.4. The lowest BCUT2D eigenvalue weighted by molar-refractivity contribution is -0.119. The van der Waals surface area contributed by atoms with Gasteiger partial charge in [0.05, 0.1) is 13.0 Å². The number of benzene rings is 2. The van der Waals surface area contributed by atoms with Crippen molar-refractivity contribution in [2.24, 2.45) is 0 Å². The lowest BCUT2D eigenvalue weighted by atomic mass is 10.0. The van der Waals surface area contributed by atoms with Gasteiger partial charge in [0.1, 0.15) is 5.82 Å². The number of allylic oxidation sites excluding steroid dienone is 2. The van der Waals surface area contributed by atoms with Crippen molar-refractivity contribution in [1.82, 2.24) is 15.6 Å². The van der Waals surface area contributed by atoms with Crippen LogP contribution in [0.25, 0.3) is 16.8 Å². The van der Waals surface area contributed by atoms with Gasteiger partial charge in [-0.2, -0.15) is 0 Å². The highest BCUT2D eigenvalue weighted by Crippen LogP contribution is 2.20. The van der Waals surface area contributed by atoms with Gasteiger partial charge in [-0.1, -0.05) is 36.4 Å². The SMILES string of the molecule is Cc1cc(-c2ccc(CC(=O)NC3=CC=C(c4cccc(F)c4)NC3)cc2)ccn1. The molecule has 5 heteroatoms. The molecule has 1 aliphatic heterocycles. The molecular formula is C25H22FN3O. The van der Waals surface area contributed by atoms with E-state index in [1.807, 2.05) is 61.5 Å². The third-order valence-corrected chi connectivity index (χ3v) is 4.90. The Bertz CT molecular complexity index is 1130. The third-order valence-electron chi connectivity index (χ3n) is 4.90. The van der Waals surface area contributed by atoms with Crippen LogP contribution in [0.15, 0.2) is 84.7 Å². The summed E-state index contributed by atoms with van der Waals surface area (Å²) in [5, 5.41) is 6.16. The molecule has 4 rings (SSSR count). The minimum absolute atomic E-state index is 0.0711. The molecule has 150 valence electrons. The summed E-state index contributed by atoms with van der Waals surface area (Å²) in [5.41, 5.74) is 6.51. The van der Waals surface area contributed by atoms with Crippen LogP contribution in [0.1, 0.15) is 16.8 Å². The van der Waals surface area contributed by atoms with Crippen molar-refractivity contribution in [3.63, 3.8) is 0 Å². The molecule has 0 atom stereocenters. The average Bonchev–Trinajstić information content (AvgIpc) is 2.75. The molecule has 0 fully saturated rings. The van der Waals surface area contributed by atoms with Gasteiger partial charge >= 0.3 is 0 Å². The molecular weight excluding hydrogens is 377 g/mol. The van der Waals surface area contributed by atoms with Gasteiger partial charge in [-0.3, -0.25) is 9.78 Å². The largest absolute Gasteiger partial charge is 0.379 e. The number of amides is 1. The van der Waals surface area contributed by atoms with E-state index in [2.05, 4.69) is 15.6 Å². The summed E-state index contributed by atoms with van der Waals surface area (Å²) in [7, 11) is 0. The molecule has 1 amide bonds. The number of carbonyl (C=O) groups excluding carboxylic acids is 1. The molecule has 0 unspecified atom stereocenters. The summed E-state index contributed by atoms with van der Waals surface area (Å²) in [6.45, 7) is 2.45. The second-order valence-corrected chi connectivity index (χ2v) is 7.24. The van der Waals surface area contributed by atoms with E-state index in [1.54, 1.807) is 12.3 Å². The molecule has 2 aromatic carbocycles. The number of nitrogens with one attached hydrogen (secondary N) is 2. The van der Waals surface area contributed by atoms with Crippen molar-refractivity contribution in [3.05, 3.63) is 107 Å². The van der Waals surface area contributed by atoms with Crippen LogP contribution in [0.4, 0.5) is 4.39 Å². The number of rotatable bonds is 5. The number of pyridine rings is 1. The number of halogens is 1. The molecule has 0 saturated heterocycles. The molecule has 0 saturated carbocycles. The van der Waals surface area contributed by atoms with E-state index in [1.165, 1.54) is 12.1 Å². The van der Waals surface area contributed by atoms with Crippen LogP contribution >= 0.6 is 0 Å². The quantitative estimate of drug-likeness (QED) is 0.669. The van der Waals surface area contributed by atoms with E-state index in [0.717, 1.165) is 39.3 Å². The topological polar surface area (TPSA) is 54.0 Å². The van der Waals surface area contributed by atoms with Crippen molar-refractivity contribution in [2.45, 2.75) is 13.3 Å². The molecule has 0 bridgehead atoms. The standard InChI is InChI=1S/C25H22FN3O/c1-17-13-20(11-12-27-17)19-7-5-18(6-8-19)14-25(30)29-23-9-10-24(28-16-23)21-3-2-4-22(26)15-21/h2-13,15,28H,14,16H2,1H3,(H,29,30). The van der Waals surface area contributed by atoms with E-state index < -0.39 is 0 Å². The minimum atomic E-state index is -0.275. The highest BCUT2D eigenvalue weighted by molar-refractivity contribution is 5.81. The number of hydrogen-bond acceptors (Lipinski definition) is 3. The van der Waals surface area contributed by atoms with Gasteiger partial charge < -0.3 is 10.6 Å². The Morgan fingerprint density at radius 1 is 1.03 bits per heavy atom. The van der Waals surface area contributed by atoms with Crippen LogP contribution in [0, 0.1) is 12.7 Å². The van der Waals surface area contributed by atoms with Crippen LogP contribution in [-0.4, -0.2) is 17.4 Å². The van der Waals surface area contributed by atoms with Crippen LogP contribution in [0.3, 0.4) is 0 Å². The summed E-state index contributed by atoms with van der Waals surface area (Å²) in [5.74, 6) is -0.346. The molecule has 2 N–H and O–H groups in total. The summed E-state index contributed by atoms with van der Waals surface area (Å²) >= 11 is 0. The number of aryl methyl sites for hydroxylation is 1. The first-order chi connectivity index (χ1) is 14.6. The molecule has 4 nitrogen and oxygen atoms in total. The van der Waals surface area contributed by atoms with Crippen molar-refractivity contribution < 1.29 is 9.18 Å². The van der Waals surface area contributed by atoms with Crippen LogP contribution in [-0.2, 0) is 11.2 Å². The average molecular weight is 399 g/mol. The Balaban J connectivity index is 1.37. The van der Waals surface area contributed by atoms with Gasteiger partial charge in [0, 0.05) is 28.8 Å². The van der Waals surface area contributed by atoms with Crippen molar-refractivity contribution in [2.75, 3.05) is 6.54 Å².